The van der Waals surface area contributed by atoms with Crippen molar-refractivity contribution in [1.29, 1.82) is 0 Å². The number of rotatable bonds is 5. The van der Waals surface area contributed by atoms with Crippen molar-refractivity contribution in [3.63, 3.8) is 0 Å². The van der Waals surface area contributed by atoms with Gasteiger partial charge >= 0.3 is 0 Å². The van der Waals surface area contributed by atoms with Crippen molar-refractivity contribution in [2.24, 2.45) is 0 Å². The van der Waals surface area contributed by atoms with Crippen LogP contribution in [0.2, 0.25) is 0 Å². The van der Waals surface area contributed by atoms with Gasteiger partial charge < -0.3 is 14.7 Å². The Labute approximate surface area is 110 Å². The Bertz CT molecular complexity index is 292. The van der Waals surface area contributed by atoms with E-state index in [9.17, 15) is 9.59 Å². The number of likely N-dealkylation sites (N-methyl/N-ethyl adjacent to an activating group) is 2. The zero-order valence-electron chi connectivity index (χ0n) is 11.8. The molecule has 104 valence electrons. The number of amides is 2. The van der Waals surface area contributed by atoms with Gasteiger partial charge in [-0.25, -0.2) is 0 Å². The number of hydrogen-bond donors (Lipinski definition) is 0. The van der Waals surface area contributed by atoms with Gasteiger partial charge in [0.25, 0.3) is 0 Å². The van der Waals surface area contributed by atoms with E-state index in [4.69, 9.17) is 0 Å². The molecule has 0 aliphatic carbocycles. The van der Waals surface area contributed by atoms with Crippen LogP contribution in [0.4, 0.5) is 0 Å². The van der Waals surface area contributed by atoms with Crippen LogP contribution < -0.4 is 0 Å². The predicted octanol–water partition coefficient (Wildman–Crippen LogP) is 0.409. The third kappa shape index (κ3) is 5.04. The van der Waals surface area contributed by atoms with Gasteiger partial charge in [0.1, 0.15) is 0 Å². The number of likely N-dealkylation sites (tertiary alicyclic amines) is 1. The molecule has 0 aromatic heterocycles. The van der Waals surface area contributed by atoms with Crippen molar-refractivity contribution in [1.82, 2.24) is 14.7 Å². The third-order valence-corrected chi connectivity index (χ3v) is 3.31. The van der Waals surface area contributed by atoms with Gasteiger partial charge in [-0.1, -0.05) is 6.42 Å². The highest BCUT2D eigenvalue weighted by atomic mass is 16.2. The Hall–Kier alpha value is -1.10. The predicted molar refractivity (Wildman–Crippen MR) is 71.2 cm³/mol. The molecule has 1 rings (SSSR count). The molecular formula is C13H25N3O2. The van der Waals surface area contributed by atoms with E-state index < -0.39 is 0 Å². The second kappa shape index (κ2) is 7.36. The first kappa shape index (κ1) is 15.0. The van der Waals surface area contributed by atoms with E-state index in [0.29, 0.717) is 13.0 Å². The van der Waals surface area contributed by atoms with Crippen LogP contribution in [0, 0.1) is 0 Å². The van der Waals surface area contributed by atoms with E-state index in [2.05, 4.69) is 0 Å². The lowest BCUT2D eigenvalue weighted by Crippen LogP contribution is -2.43. The van der Waals surface area contributed by atoms with E-state index in [-0.39, 0.29) is 18.4 Å². The lowest BCUT2D eigenvalue weighted by Gasteiger charge is -2.25. The van der Waals surface area contributed by atoms with Gasteiger partial charge in [-0.15, -0.1) is 0 Å². The minimum absolute atomic E-state index is 0.0344. The molecule has 0 aromatic carbocycles. The van der Waals surface area contributed by atoms with Crippen molar-refractivity contribution in [2.75, 3.05) is 47.3 Å². The summed E-state index contributed by atoms with van der Waals surface area (Å²) >= 11 is 0. The molecule has 0 bridgehead atoms. The van der Waals surface area contributed by atoms with Crippen LogP contribution in [0.3, 0.4) is 0 Å². The molecule has 2 amide bonds. The minimum Gasteiger partial charge on any atom is -0.343 e. The molecule has 0 aromatic rings. The molecule has 1 fully saturated rings. The average Bonchev–Trinajstić information content (AvgIpc) is 2.51. The maximum Gasteiger partial charge on any atom is 0.241 e. The number of nitrogens with zero attached hydrogens (tertiary/aromatic N) is 3. The Morgan fingerprint density at radius 3 is 2.56 bits per heavy atom. The molecule has 1 heterocycles. The largest absolute Gasteiger partial charge is 0.343 e. The highest BCUT2D eigenvalue weighted by molar-refractivity contribution is 5.84. The van der Waals surface area contributed by atoms with Crippen LogP contribution >= 0.6 is 0 Å². The van der Waals surface area contributed by atoms with Gasteiger partial charge in [0, 0.05) is 33.1 Å². The molecule has 0 saturated carbocycles. The van der Waals surface area contributed by atoms with Crippen LogP contribution in [-0.4, -0.2) is 73.8 Å². The van der Waals surface area contributed by atoms with E-state index in [1.807, 2.05) is 19.0 Å². The van der Waals surface area contributed by atoms with E-state index >= 15 is 0 Å². The van der Waals surface area contributed by atoms with Crippen LogP contribution in [0.15, 0.2) is 0 Å². The van der Waals surface area contributed by atoms with Crippen molar-refractivity contribution in [3.05, 3.63) is 0 Å². The lowest BCUT2D eigenvalue weighted by atomic mass is 10.2. The van der Waals surface area contributed by atoms with Crippen molar-refractivity contribution in [3.8, 4) is 0 Å². The quantitative estimate of drug-likeness (QED) is 0.714. The maximum atomic E-state index is 12.0. The summed E-state index contributed by atoms with van der Waals surface area (Å²) in [7, 11) is 5.77. The van der Waals surface area contributed by atoms with Crippen molar-refractivity contribution >= 4 is 11.8 Å². The number of carbonyl (C=O) groups is 2. The number of hydrogen-bond acceptors (Lipinski definition) is 3. The fourth-order valence-corrected chi connectivity index (χ4v) is 1.96. The fraction of sp³-hybridized carbons (Fsp3) is 0.846. The van der Waals surface area contributed by atoms with Gasteiger partial charge in [-0.3, -0.25) is 9.59 Å². The van der Waals surface area contributed by atoms with Gasteiger partial charge in [0.15, 0.2) is 0 Å². The first-order valence-electron chi connectivity index (χ1n) is 6.67. The monoisotopic (exact) mass is 255 g/mol. The molecule has 5 heteroatoms. The van der Waals surface area contributed by atoms with Crippen molar-refractivity contribution < 1.29 is 9.59 Å². The van der Waals surface area contributed by atoms with Crippen molar-refractivity contribution in [2.45, 2.75) is 25.7 Å². The third-order valence-electron chi connectivity index (χ3n) is 3.31. The lowest BCUT2D eigenvalue weighted by molar-refractivity contribution is -0.139. The van der Waals surface area contributed by atoms with Gasteiger partial charge in [0.05, 0.1) is 6.54 Å². The topological polar surface area (TPSA) is 43.9 Å². The summed E-state index contributed by atoms with van der Waals surface area (Å²) in [5.74, 6) is 0.161. The maximum absolute atomic E-state index is 12.0. The summed E-state index contributed by atoms with van der Waals surface area (Å²) < 4.78 is 0. The standard InChI is InChI=1S/C13H25N3O2/c1-14(2)9-10-15(3)13(18)11-16-8-6-4-5-7-12(16)17/h4-11H2,1-3H3. The van der Waals surface area contributed by atoms with Crippen LogP contribution in [0.1, 0.15) is 25.7 Å². The van der Waals surface area contributed by atoms with Crippen LogP contribution in [-0.2, 0) is 9.59 Å². The van der Waals surface area contributed by atoms with E-state index in [0.717, 1.165) is 32.4 Å². The van der Waals surface area contributed by atoms with E-state index in [1.165, 1.54) is 0 Å². The van der Waals surface area contributed by atoms with Crippen LogP contribution in [0.5, 0.6) is 0 Å². The fourth-order valence-electron chi connectivity index (χ4n) is 1.96. The summed E-state index contributed by atoms with van der Waals surface area (Å²) in [4.78, 5) is 29.2. The second-order valence-corrected chi connectivity index (χ2v) is 5.24. The smallest absolute Gasteiger partial charge is 0.241 e. The molecule has 1 aliphatic rings. The second-order valence-electron chi connectivity index (χ2n) is 5.24. The summed E-state index contributed by atoms with van der Waals surface area (Å²) in [6, 6.07) is 0. The molecule has 5 nitrogen and oxygen atoms in total. The summed E-state index contributed by atoms with van der Waals surface area (Å²) in [6.45, 7) is 2.51. The first-order valence-corrected chi connectivity index (χ1v) is 6.67. The molecule has 18 heavy (non-hydrogen) atoms. The number of carbonyl (C=O) groups excluding carboxylic acids is 2. The molecule has 0 atom stereocenters. The molecule has 1 saturated heterocycles. The summed E-state index contributed by atoms with van der Waals surface area (Å²) in [5.41, 5.74) is 0. The Morgan fingerprint density at radius 2 is 1.89 bits per heavy atom. The zero-order chi connectivity index (χ0) is 13.5. The van der Waals surface area contributed by atoms with Gasteiger partial charge in [-0.2, -0.15) is 0 Å². The summed E-state index contributed by atoms with van der Waals surface area (Å²) in [6.07, 6.45) is 3.65. The van der Waals surface area contributed by atoms with Gasteiger partial charge in [-0.05, 0) is 26.9 Å². The van der Waals surface area contributed by atoms with Crippen LogP contribution in [0.25, 0.3) is 0 Å². The first-order chi connectivity index (χ1) is 8.50. The highest BCUT2D eigenvalue weighted by Crippen LogP contribution is 2.11. The minimum atomic E-state index is 0.0344. The average molecular weight is 255 g/mol. The Balaban J connectivity index is 2.39. The normalized spacial score (nSPS) is 16.9. The Morgan fingerprint density at radius 1 is 1.17 bits per heavy atom. The van der Waals surface area contributed by atoms with Gasteiger partial charge in [0.2, 0.25) is 11.8 Å². The Kier molecular flexibility index (Phi) is 6.12. The molecule has 1 aliphatic heterocycles. The zero-order valence-corrected chi connectivity index (χ0v) is 11.8. The molecule has 0 N–H and O–H groups in total. The molecule has 0 spiro atoms. The molecular weight excluding hydrogens is 230 g/mol. The molecule has 0 radical (unpaired) electrons. The van der Waals surface area contributed by atoms with E-state index in [1.54, 1.807) is 16.8 Å². The molecule has 0 unspecified atom stereocenters. The summed E-state index contributed by atoms with van der Waals surface area (Å²) in [5, 5.41) is 0. The highest BCUT2D eigenvalue weighted by Gasteiger charge is 2.20. The SMILES string of the molecule is CN(C)CCN(C)C(=O)CN1CCCCCC1=O.